The van der Waals surface area contributed by atoms with Crippen LogP contribution in [0.15, 0.2) is 15.9 Å². The number of nitrogens with one attached hydrogen (secondary N) is 1. The first-order chi connectivity index (χ1) is 8.40. The van der Waals surface area contributed by atoms with Crippen molar-refractivity contribution in [2.24, 2.45) is 0 Å². The molecule has 0 saturated carbocycles. The first-order valence-corrected chi connectivity index (χ1v) is 7.01. The molecule has 1 rings (SSSR count). The minimum absolute atomic E-state index is 0.156. The van der Waals surface area contributed by atoms with E-state index in [1.165, 1.54) is 16.2 Å². The summed E-state index contributed by atoms with van der Waals surface area (Å²) in [6, 6.07) is 3.29. The van der Waals surface area contributed by atoms with Gasteiger partial charge in [-0.15, -0.1) is 11.3 Å². The number of hydrogen-bond donors (Lipinski definition) is 2. The van der Waals surface area contributed by atoms with Gasteiger partial charge in [0, 0.05) is 10.9 Å². The molecule has 100 valence electrons. The van der Waals surface area contributed by atoms with Crippen molar-refractivity contribution in [2.45, 2.75) is 26.4 Å². The van der Waals surface area contributed by atoms with Gasteiger partial charge in [-0.25, -0.2) is 4.79 Å². The van der Waals surface area contributed by atoms with Gasteiger partial charge in [-0.3, -0.25) is 4.79 Å². The van der Waals surface area contributed by atoms with Gasteiger partial charge in [-0.05, 0) is 41.9 Å². The lowest BCUT2D eigenvalue weighted by Crippen LogP contribution is -2.46. The third kappa shape index (κ3) is 4.66. The average molecular weight is 335 g/mol. The molecule has 0 saturated heterocycles. The molecule has 2 amide bonds. The fraction of sp³-hybridized carbons (Fsp3) is 0.455. The Morgan fingerprint density at radius 2 is 2.17 bits per heavy atom. The maximum atomic E-state index is 11.8. The molecule has 0 unspecified atom stereocenters. The van der Waals surface area contributed by atoms with Crippen LogP contribution in [0.25, 0.3) is 0 Å². The summed E-state index contributed by atoms with van der Waals surface area (Å²) in [5.41, 5.74) is 0. The number of carboxylic acids is 1. The monoisotopic (exact) mass is 334 g/mol. The number of carbonyl (C=O) groups excluding carboxylic acids is 1. The van der Waals surface area contributed by atoms with E-state index in [1.807, 2.05) is 12.1 Å². The third-order valence-corrected chi connectivity index (χ3v) is 3.86. The van der Waals surface area contributed by atoms with Crippen LogP contribution in [0.2, 0.25) is 0 Å². The number of aliphatic carboxylic acids is 1. The maximum absolute atomic E-state index is 11.8. The minimum atomic E-state index is -1.02. The van der Waals surface area contributed by atoms with E-state index in [0.717, 1.165) is 8.66 Å². The molecule has 0 radical (unpaired) electrons. The molecule has 1 aromatic rings. The highest BCUT2D eigenvalue weighted by Gasteiger charge is 2.19. The summed E-state index contributed by atoms with van der Waals surface area (Å²) in [4.78, 5) is 24.8. The van der Waals surface area contributed by atoms with E-state index in [-0.39, 0.29) is 18.6 Å². The zero-order valence-corrected chi connectivity index (χ0v) is 12.5. The molecular weight excluding hydrogens is 320 g/mol. The molecule has 0 bridgehead atoms. The number of halogens is 1. The van der Waals surface area contributed by atoms with Gasteiger partial charge in [0.05, 0.1) is 10.3 Å². The lowest BCUT2D eigenvalue weighted by atomic mass is 10.3. The van der Waals surface area contributed by atoms with Crippen LogP contribution in [0, 0.1) is 0 Å². The van der Waals surface area contributed by atoms with Gasteiger partial charge in [0.1, 0.15) is 6.54 Å². The Labute approximate surface area is 118 Å². The van der Waals surface area contributed by atoms with Crippen LogP contribution in [0.1, 0.15) is 18.7 Å². The highest BCUT2D eigenvalue weighted by molar-refractivity contribution is 9.11. The normalized spacial score (nSPS) is 10.4. The van der Waals surface area contributed by atoms with Gasteiger partial charge >= 0.3 is 12.0 Å². The van der Waals surface area contributed by atoms with Gasteiger partial charge in [0.15, 0.2) is 0 Å². The molecule has 0 aliphatic carbocycles. The minimum Gasteiger partial charge on any atom is -0.480 e. The van der Waals surface area contributed by atoms with Crippen molar-refractivity contribution in [3.05, 3.63) is 20.8 Å². The molecule has 1 heterocycles. The molecule has 2 N–H and O–H groups in total. The highest BCUT2D eigenvalue weighted by atomic mass is 79.9. The number of nitrogens with zero attached hydrogens (tertiary/aromatic N) is 1. The number of hydrogen-bond acceptors (Lipinski definition) is 3. The van der Waals surface area contributed by atoms with Gasteiger partial charge in [-0.1, -0.05) is 0 Å². The Kier molecular flexibility index (Phi) is 5.61. The Morgan fingerprint density at radius 1 is 1.50 bits per heavy atom. The summed E-state index contributed by atoms with van der Waals surface area (Å²) in [5.74, 6) is -1.02. The second-order valence-electron chi connectivity index (χ2n) is 3.98. The lowest BCUT2D eigenvalue weighted by molar-refractivity contribution is -0.138. The van der Waals surface area contributed by atoms with Crippen LogP contribution >= 0.6 is 27.3 Å². The average Bonchev–Trinajstić information content (AvgIpc) is 2.68. The van der Waals surface area contributed by atoms with Crippen LogP contribution in [0.3, 0.4) is 0 Å². The lowest BCUT2D eigenvalue weighted by Gasteiger charge is -2.24. The summed E-state index contributed by atoms with van der Waals surface area (Å²) in [7, 11) is 0. The van der Waals surface area contributed by atoms with Crippen LogP contribution in [-0.4, -0.2) is 34.6 Å². The molecule has 7 heteroatoms. The Balaban J connectivity index is 2.53. The molecule has 0 spiro atoms. The topological polar surface area (TPSA) is 69.6 Å². The van der Waals surface area contributed by atoms with E-state index in [9.17, 15) is 9.59 Å². The fourth-order valence-corrected chi connectivity index (χ4v) is 2.77. The predicted molar refractivity (Wildman–Crippen MR) is 73.7 cm³/mol. The second-order valence-corrected chi connectivity index (χ2v) is 6.53. The smallest absolute Gasteiger partial charge is 0.323 e. The van der Waals surface area contributed by atoms with Gasteiger partial charge in [-0.2, -0.15) is 0 Å². The van der Waals surface area contributed by atoms with E-state index in [1.54, 1.807) is 13.8 Å². The number of carbonyl (C=O) groups is 2. The van der Waals surface area contributed by atoms with Gasteiger partial charge in [0.2, 0.25) is 0 Å². The van der Waals surface area contributed by atoms with Crippen molar-refractivity contribution in [1.82, 2.24) is 10.2 Å². The van der Waals surface area contributed by atoms with Gasteiger partial charge in [0.25, 0.3) is 0 Å². The van der Waals surface area contributed by atoms with Crippen LogP contribution in [-0.2, 0) is 11.3 Å². The number of thiophene rings is 1. The largest absolute Gasteiger partial charge is 0.480 e. The molecule has 18 heavy (non-hydrogen) atoms. The van der Waals surface area contributed by atoms with Crippen LogP contribution < -0.4 is 5.32 Å². The molecule has 1 aromatic heterocycles. The Morgan fingerprint density at radius 3 is 2.61 bits per heavy atom. The number of amides is 2. The van der Waals surface area contributed by atoms with E-state index in [0.29, 0.717) is 6.54 Å². The van der Waals surface area contributed by atoms with Crippen molar-refractivity contribution in [2.75, 3.05) is 6.54 Å². The Bertz CT molecular complexity index is 434. The number of urea groups is 1. The van der Waals surface area contributed by atoms with Crippen molar-refractivity contribution in [3.8, 4) is 0 Å². The molecule has 0 fully saturated rings. The summed E-state index contributed by atoms with van der Waals surface area (Å²) in [6.07, 6.45) is 0. The van der Waals surface area contributed by atoms with Crippen molar-refractivity contribution in [1.29, 1.82) is 0 Å². The zero-order valence-electron chi connectivity index (χ0n) is 10.1. The molecule has 5 nitrogen and oxygen atoms in total. The first-order valence-electron chi connectivity index (χ1n) is 5.40. The summed E-state index contributed by atoms with van der Waals surface area (Å²) in [6.45, 7) is 3.67. The predicted octanol–water partition coefficient (Wildman–Crippen LogP) is 2.52. The summed E-state index contributed by atoms with van der Waals surface area (Å²) < 4.78 is 0.998. The van der Waals surface area contributed by atoms with Crippen molar-refractivity contribution in [3.63, 3.8) is 0 Å². The van der Waals surface area contributed by atoms with Crippen molar-refractivity contribution < 1.29 is 14.7 Å². The standard InChI is InChI=1S/C11H15BrN2O3S/c1-7(2)14(6-10(15)16)11(17)13-5-8-3-4-9(12)18-8/h3-4,7H,5-6H2,1-2H3,(H,13,17)(H,15,16). The maximum Gasteiger partial charge on any atom is 0.323 e. The quantitative estimate of drug-likeness (QED) is 0.869. The summed E-state index contributed by atoms with van der Waals surface area (Å²) in [5, 5.41) is 11.5. The number of carboxylic acid groups (broad SMARTS) is 1. The van der Waals surface area contributed by atoms with E-state index in [4.69, 9.17) is 5.11 Å². The van der Waals surface area contributed by atoms with Crippen LogP contribution in [0.4, 0.5) is 4.79 Å². The molecule has 0 atom stereocenters. The second kappa shape index (κ2) is 6.75. The van der Waals surface area contributed by atoms with E-state index < -0.39 is 5.97 Å². The van der Waals surface area contributed by atoms with E-state index >= 15 is 0 Å². The van der Waals surface area contributed by atoms with Gasteiger partial charge < -0.3 is 15.3 Å². The fourth-order valence-electron chi connectivity index (χ4n) is 1.35. The molecule has 0 aromatic carbocycles. The van der Waals surface area contributed by atoms with E-state index in [2.05, 4.69) is 21.2 Å². The van der Waals surface area contributed by atoms with Crippen LogP contribution in [0.5, 0.6) is 0 Å². The number of rotatable bonds is 5. The Hall–Kier alpha value is -1.08. The SMILES string of the molecule is CC(C)N(CC(=O)O)C(=O)NCc1ccc(Br)s1. The van der Waals surface area contributed by atoms with Crippen molar-refractivity contribution >= 4 is 39.3 Å². The zero-order chi connectivity index (χ0) is 13.7. The third-order valence-electron chi connectivity index (χ3n) is 2.23. The highest BCUT2D eigenvalue weighted by Crippen LogP contribution is 2.21. The molecule has 0 aliphatic heterocycles. The summed E-state index contributed by atoms with van der Waals surface area (Å²) >= 11 is 4.87. The first kappa shape index (κ1) is 15.0. The molecular formula is C11H15BrN2O3S. The molecule has 0 aliphatic rings.